The summed E-state index contributed by atoms with van der Waals surface area (Å²) in [6, 6.07) is 17.0. The molecule has 0 spiro atoms. The van der Waals surface area contributed by atoms with Gasteiger partial charge in [-0.15, -0.1) is 0 Å². The van der Waals surface area contributed by atoms with E-state index in [2.05, 4.69) is 0 Å². The van der Waals surface area contributed by atoms with Gasteiger partial charge in [0.1, 0.15) is 18.8 Å². The van der Waals surface area contributed by atoms with Crippen LogP contribution in [0, 0.1) is 23.7 Å². The summed E-state index contributed by atoms with van der Waals surface area (Å²) in [7, 11) is 5.46. The molecule has 14 atom stereocenters. The Morgan fingerprint density at radius 2 is 1.66 bits per heavy atom. The maximum absolute atomic E-state index is 14.6. The number of esters is 2. The maximum atomic E-state index is 14.6. The summed E-state index contributed by atoms with van der Waals surface area (Å²) in [4.78, 5) is 48.6. The number of methoxy groups -OCH3 is 1. The van der Waals surface area contributed by atoms with Gasteiger partial charge in [0.05, 0.1) is 41.7 Å². The highest BCUT2D eigenvalue weighted by atomic mass is 35.5. The van der Waals surface area contributed by atoms with Crippen molar-refractivity contribution < 1.29 is 57.1 Å². The van der Waals surface area contributed by atoms with E-state index >= 15 is 0 Å². The van der Waals surface area contributed by atoms with Crippen molar-refractivity contribution in [1.82, 2.24) is 4.90 Å². The maximum Gasteiger partial charge on any atom is 0.509 e. The quantitative estimate of drug-likeness (QED) is 0.0817. The SMILES string of the molecule is CC[C@H]1OC(=O)[C@H](C)[C@@H](O/C=C\Cc2ccccc2)[C@H](C)[C@@H](O[C@@H]2O[C@H](C)C[C@H](N(C)C)[C@H]2OC(C)=O)[C@](C)(OC)C[C@@H](C)/C(=N\OCc2ccccc2Cl)[C@H](C)[C@H]2OC(=O)O[C@@]21C. The van der Waals surface area contributed by atoms with Crippen LogP contribution in [0.4, 0.5) is 4.79 Å². The molecule has 3 saturated heterocycles. The smallest absolute Gasteiger partial charge is 0.497 e. The van der Waals surface area contributed by atoms with E-state index in [1.165, 1.54) is 6.92 Å². The number of carbonyl (C=O) groups excluding carboxylic acids is 3. The van der Waals surface area contributed by atoms with Crippen molar-refractivity contribution in [2.45, 2.75) is 155 Å². The molecule has 64 heavy (non-hydrogen) atoms. The Hall–Kier alpha value is -4.21. The van der Waals surface area contributed by atoms with Crippen molar-refractivity contribution in [1.29, 1.82) is 0 Å². The summed E-state index contributed by atoms with van der Waals surface area (Å²) in [5.41, 5.74) is -0.244. The van der Waals surface area contributed by atoms with Crippen molar-refractivity contribution in [2.24, 2.45) is 28.8 Å². The van der Waals surface area contributed by atoms with Crippen molar-refractivity contribution in [2.75, 3.05) is 21.2 Å². The molecule has 0 unspecified atom stereocenters. The Morgan fingerprint density at radius 3 is 2.30 bits per heavy atom. The Kier molecular flexibility index (Phi) is 17.7. The minimum atomic E-state index is -1.41. The molecule has 354 valence electrons. The molecule has 3 aliphatic rings. The molecule has 14 nitrogen and oxygen atoms in total. The van der Waals surface area contributed by atoms with Gasteiger partial charge < -0.3 is 47.6 Å². The fourth-order valence-corrected chi connectivity index (χ4v) is 9.84. The number of nitrogens with zero attached hydrogens (tertiary/aromatic N) is 2. The molecule has 0 bridgehead atoms. The second-order valence-corrected chi connectivity index (χ2v) is 18.6. The molecule has 3 fully saturated rings. The van der Waals surface area contributed by atoms with Gasteiger partial charge in [0, 0.05) is 42.4 Å². The van der Waals surface area contributed by atoms with Gasteiger partial charge in [-0.05, 0) is 85.2 Å². The molecule has 5 rings (SSSR count). The van der Waals surface area contributed by atoms with E-state index in [0.717, 1.165) is 11.1 Å². The predicted octanol–water partition coefficient (Wildman–Crippen LogP) is 8.71. The van der Waals surface area contributed by atoms with E-state index in [4.69, 9.17) is 59.5 Å². The fourth-order valence-electron chi connectivity index (χ4n) is 9.65. The van der Waals surface area contributed by atoms with E-state index in [0.29, 0.717) is 30.0 Å². The largest absolute Gasteiger partial charge is 0.509 e. The van der Waals surface area contributed by atoms with E-state index in [-0.39, 0.29) is 25.2 Å². The average Bonchev–Trinajstić information content (AvgIpc) is 3.57. The summed E-state index contributed by atoms with van der Waals surface area (Å²) in [5, 5.41) is 5.29. The standard InChI is InChI=1S/C49H69ClN2O12/c1-13-39-49(9)44(63-47(55)64-49)31(4)40(51-58-28-36-23-17-18-24-37(36)50)29(2)27-48(8,56-12)43(62-46-42(60-34(7)53)38(52(10)11)26-30(3)59-46)32(5)41(33(6)45(54)61-39)57-25-19-22-35-20-15-14-16-21-35/h14-21,23-25,29-33,38-39,41-44,46H,13,22,26-28H2,1-12H3/b25-19-,51-40+/t29-,30-,31+,32+,33-,38+,39-,41+,42-,43-,44-,46+,48-,49-/m1/s1. The van der Waals surface area contributed by atoms with Gasteiger partial charge in [0.2, 0.25) is 0 Å². The van der Waals surface area contributed by atoms with Crippen LogP contribution in [0.1, 0.15) is 92.7 Å². The van der Waals surface area contributed by atoms with Crippen LogP contribution in [0.25, 0.3) is 0 Å². The lowest BCUT2D eigenvalue weighted by atomic mass is 9.73. The Bertz CT molecular complexity index is 1930. The summed E-state index contributed by atoms with van der Waals surface area (Å²) in [6.45, 7) is 16.5. The Balaban J connectivity index is 1.66. The number of carbonyl (C=O) groups is 3. The van der Waals surface area contributed by atoms with E-state index < -0.39 is 89.8 Å². The van der Waals surface area contributed by atoms with E-state index in [9.17, 15) is 14.4 Å². The highest BCUT2D eigenvalue weighted by molar-refractivity contribution is 6.31. The number of fused-ring (bicyclic) bond motifs is 1. The molecule has 15 heteroatoms. The number of hydrogen-bond acceptors (Lipinski definition) is 14. The number of likely N-dealkylation sites (N-methyl/N-ethyl adjacent to an activating group) is 1. The third-order valence-corrected chi connectivity index (χ3v) is 13.5. The number of halogens is 1. The third kappa shape index (κ3) is 12.0. The number of allylic oxidation sites excluding steroid dienone is 1. The molecular formula is C49H69ClN2O12. The molecule has 0 radical (unpaired) electrons. The number of rotatable bonds is 13. The highest BCUT2D eigenvalue weighted by Gasteiger charge is 2.59. The fraction of sp³-hybridized carbons (Fsp3) is 0.633. The highest BCUT2D eigenvalue weighted by Crippen LogP contribution is 2.43. The first-order chi connectivity index (χ1) is 30.3. The van der Waals surface area contributed by atoms with Gasteiger partial charge in [-0.3, -0.25) is 9.59 Å². The predicted molar refractivity (Wildman–Crippen MR) is 241 cm³/mol. The van der Waals surface area contributed by atoms with Gasteiger partial charge in [0.15, 0.2) is 24.1 Å². The Labute approximate surface area is 384 Å². The number of oxime groups is 1. The molecule has 0 aliphatic carbocycles. The number of cyclic esters (lactones) is 1. The molecule has 2 aromatic carbocycles. The molecule has 0 saturated carbocycles. The van der Waals surface area contributed by atoms with Crippen LogP contribution in [0.3, 0.4) is 0 Å². The molecule has 0 amide bonds. The van der Waals surface area contributed by atoms with Gasteiger partial charge in [-0.2, -0.15) is 0 Å². The number of ether oxygens (including phenoxy) is 8. The second-order valence-electron chi connectivity index (χ2n) is 18.2. The summed E-state index contributed by atoms with van der Waals surface area (Å²) in [6.07, 6.45) is -1.38. The van der Waals surface area contributed by atoms with Crippen molar-refractivity contribution in [3.05, 3.63) is 83.1 Å². The van der Waals surface area contributed by atoms with Gasteiger partial charge in [-0.1, -0.05) is 93.0 Å². The molecule has 0 N–H and O–H groups in total. The van der Waals surface area contributed by atoms with Crippen molar-refractivity contribution >= 4 is 35.4 Å². The molecule has 0 aromatic heterocycles. The lowest BCUT2D eigenvalue weighted by molar-refractivity contribution is -0.303. The summed E-state index contributed by atoms with van der Waals surface area (Å²) in [5.74, 6) is -3.61. The topological polar surface area (TPSA) is 150 Å². The number of hydrogen-bond donors (Lipinski definition) is 0. The van der Waals surface area contributed by atoms with Crippen LogP contribution in [0.2, 0.25) is 5.02 Å². The summed E-state index contributed by atoms with van der Waals surface area (Å²) < 4.78 is 51.2. The average molecular weight is 914 g/mol. The zero-order valence-corrected chi connectivity index (χ0v) is 40.2. The van der Waals surface area contributed by atoms with Crippen LogP contribution < -0.4 is 0 Å². The number of benzene rings is 2. The van der Waals surface area contributed by atoms with Gasteiger partial charge in [-0.25, -0.2) is 4.79 Å². The third-order valence-electron chi connectivity index (χ3n) is 13.1. The normalized spacial score (nSPS) is 35.8. The zero-order valence-electron chi connectivity index (χ0n) is 39.5. The minimum absolute atomic E-state index is 0.0663. The molecular weight excluding hydrogens is 844 g/mol. The van der Waals surface area contributed by atoms with Crippen LogP contribution in [-0.4, -0.2) is 110 Å². The molecule has 3 aliphatic heterocycles. The zero-order chi connectivity index (χ0) is 46.9. The van der Waals surface area contributed by atoms with Gasteiger partial charge >= 0.3 is 18.1 Å². The van der Waals surface area contributed by atoms with Crippen LogP contribution in [-0.2, 0) is 65.3 Å². The Morgan fingerprint density at radius 1 is 0.969 bits per heavy atom. The first-order valence-electron chi connectivity index (χ1n) is 22.4. The molecule has 3 heterocycles. The first kappa shape index (κ1) is 50.8. The molecule has 2 aromatic rings. The first-order valence-corrected chi connectivity index (χ1v) is 22.8. The lowest BCUT2D eigenvalue weighted by Crippen LogP contribution is -2.61. The second kappa shape index (κ2) is 22.3. The van der Waals surface area contributed by atoms with Crippen molar-refractivity contribution in [3.63, 3.8) is 0 Å². The van der Waals surface area contributed by atoms with E-state index in [1.807, 2.05) is 115 Å². The van der Waals surface area contributed by atoms with Crippen molar-refractivity contribution in [3.8, 4) is 0 Å². The minimum Gasteiger partial charge on any atom is -0.497 e. The lowest BCUT2D eigenvalue weighted by Gasteiger charge is -2.49. The van der Waals surface area contributed by atoms with Gasteiger partial charge in [0.25, 0.3) is 0 Å². The van der Waals surface area contributed by atoms with Crippen LogP contribution in [0.15, 0.2) is 72.1 Å². The van der Waals surface area contributed by atoms with Crippen LogP contribution >= 0.6 is 11.6 Å². The van der Waals surface area contributed by atoms with Crippen LogP contribution in [0.5, 0.6) is 0 Å². The monoisotopic (exact) mass is 912 g/mol. The van der Waals surface area contributed by atoms with E-state index in [1.54, 1.807) is 33.3 Å². The summed E-state index contributed by atoms with van der Waals surface area (Å²) >= 11 is 6.50.